The normalized spacial score (nSPS) is 23.4. The maximum atomic E-state index is 12.2. The van der Waals surface area contributed by atoms with Gasteiger partial charge in [-0.1, -0.05) is 46.0 Å². The summed E-state index contributed by atoms with van der Waals surface area (Å²) < 4.78 is 0. The van der Waals surface area contributed by atoms with Gasteiger partial charge >= 0.3 is 5.97 Å². The number of hydrogen-bond acceptors (Lipinski definition) is 4. The van der Waals surface area contributed by atoms with Crippen molar-refractivity contribution in [2.75, 3.05) is 5.75 Å². The molecule has 0 aromatic carbocycles. The first-order chi connectivity index (χ1) is 11.5. The summed E-state index contributed by atoms with van der Waals surface area (Å²) >= 11 is 1.68. The molecule has 0 heterocycles. The largest absolute Gasteiger partial charge is 0.481 e. The van der Waals surface area contributed by atoms with Crippen LogP contribution in [-0.2, 0) is 9.59 Å². The number of rotatable bonds is 13. The van der Waals surface area contributed by atoms with Gasteiger partial charge in [0.25, 0.3) is 0 Å². The zero-order valence-corrected chi connectivity index (χ0v) is 16.0. The highest BCUT2D eigenvalue weighted by molar-refractivity contribution is 8.00. The van der Waals surface area contributed by atoms with Gasteiger partial charge in [-0.25, -0.2) is 0 Å². The lowest BCUT2D eigenvalue weighted by atomic mass is 9.89. The quantitative estimate of drug-likeness (QED) is 0.480. The van der Waals surface area contributed by atoms with Crippen LogP contribution < -0.4 is 0 Å². The van der Waals surface area contributed by atoms with E-state index in [1.54, 1.807) is 11.8 Å². The van der Waals surface area contributed by atoms with Crippen molar-refractivity contribution in [2.24, 2.45) is 11.8 Å². The molecule has 4 nitrogen and oxygen atoms in total. The summed E-state index contributed by atoms with van der Waals surface area (Å²) in [5.74, 6) is -0.446. The molecule has 1 aliphatic rings. The number of carboxylic acids is 1. The van der Waals surface area contributed by atoms with Gasteiger partial charge in [0.1, 0.15) is 5.78 Å². The molecule has 2 N–H and O–H groups in total. The molecule has 0 saturated heterocycles. The maximum Gasteiger partial charge on any atom is 0.306 e. The first-order valence-electron chi connectivity index (χ1n) is 9.54. The monoisotopic (exact) mass is 358 g/mol. The molecule has 0 bridgehead atoms. The average Bonchev–Trinajstić information content (AvgIpc) is 2.89. The highest BCUT2D eigenvalue weighted by Crippen LogP contribution is 2.38. The third kappa shape index (κ3) is 7.56. The molecule has 4 atom stereocenters. The second-order valence-electron chi connectivity index (χ2n) is 7.05. The van der Waals surface area contributed by atoms with Gasteiger partial charge in [-0.3, -0.25) is 9.59 Å². The van der Waals surface area contributed by atoms with Crippen LogP contribution in [0.2, 0.25) is 0 Å². The number of unbranched alkanes of at least 4 members (excludes halogenated alkanes) is 3. The molecule has 0 aromatic rings. The smallest absolute Gasteiger partial charge is 0.306 e. The fourth-order valence-corrected chi connectivity index (χ4v) is 4.82. The van der Waals surface area contributed by atoms with E-state index in [1.807, 2.05) is 0 Å². The van der Waals surface area contributed by atoms with Gasteiger partial charge in [-0.05, 0) is 25.7 Å². The summed E-state index contributed by atoms with van der Waals surface area (Å²) in [5.41, 5.74) is 0. The maximum absolute atomic E-state index is 12.2. The van der Waals surface area contributed by atoms with Gasteiger partial charge in [0, 0.05) is 23.3 Å². The lowest BCUT2D eigenvalue weighted by molar-refractivity contribution is -0.142. The molecular formula is C19H34O4S. The Bertz CT molecular complexity index is 386. The Labute approximate surface area is 150 Å². The van der Waals surface area contributed by atoms with Gasteiger partial charge in [0.15, 0.2) is 0 Å². The zero-order chi connectivity index (χ0) is 17.9. The average molecular weight is 359 g/mol. The summed E-state index contributed by atoms with van der Waals surface area (Å²) in [6.45, 7) is 4.20. The molecule has 0 spiro atoms. The van der Waals surface area contributed by atoms with Crippen LogP contribution in [-0.4, -0.2) is 39.1 Å². The Balaban J connectivity index is 2.48. The third-order valence-electron chi connectivity index (χ3n) is 4.98. The fraction of sp³-hybridized carbons (Fsp3) is 0.895. The molecule has 0 amide bonds. The molecule has 5 heteroatoms. The van der Waals surface area contributed by atoms with E-state index < -0.39 is 11.9 Å². The number of hydrogen-bond donors (Lipinski definition) is 2. The van der Waals surface area contributed by atoms with Crippen molar-refractivity contribution >= 4 is 23.5 Å². The van der Waals surface area contributed by atoms with E-state index in [1.165, 1.54) is 0 Å². The summed E-state index contributed by atoms with van der Waals surface area (Å²) in [5, 5.41) is 19.7. The topological polar surface area (TPSA) is 74.6 Å². The van der Waals surface area contributed by atoms with Crippen LogP contribution in [0.25, 0.3) is 0 Å². The van der Waals surface area contributed by atoms with Crippen molar-refractivity contribution in [3.8, 4) is 0 Å². The predicted octanol–water partition coefficient (Wildman–Crippen LogP) is 4.29. The zero-order valence-electron chi connectivity index (χ0n) is 15.2. The van der Waals surface area contributed by atoms with Crippen LogP contribution >= 0.6 is 11.8 Å². The van der Waals surface area contributed by atoms with Crippen molar-refractivity contribution in [2.45, 2.75) is 89.4 Å². The number of carbonyl (C=O) groups excluding carboxylic acids is 1. The highest BCUT2D eigenvalue weighted by atomic mass is 32.2. The van der Waals surface area contributed by atoms with Crippen LogP contribution in [0.4, 0.5) is 0 Å². The number of thioether (sulfide) groups is 1. The number of Topliss-reactive ketones (excluding diaryl/α,β-unsaturated/α-hetero) is 1. The Hall–Kier alpha value is -0.550. The molecule has 0 radical (unpaired) electrons. The number of ketones is 1. The van der Waals surface area contributed by atoms with Gasteiger partial charge in [-0.2, -0.15) is 11.8 Å². The minimum atomic E-state index is -0.772. The second-order valence-corrected chi connectivity index (χ2v) is 8.32. The molecule has 0 aromatic heterocycles. The van der Waals surface area contributed by atoms with E-state index in [9.17, 15) is 19.8 Å². The predicted molar refractivity (Wildman–Crippen MR) is 99.4 cm³/mol. The van der Waals surface area contributed by atoms with E-state index in [2.05, 4.69) is 13.8 Å². The van der Waals surface area contributed by atoms with E-state index in [-0.39, 0.29) is 23.1 Å². The van der Waals surface area contributed by atoms with E-state index in [4.69, 9.17) is 0 Å². The number of carbonyl (C=O) groups is 2. The first kappa shape index (κ1) is 21.5. The number of aliphatic hydroxyl groups is 1. The molecule has 4 unspecified atom stereocenters. The van der Waals surface area contributed by atoms with E-state index in [0.29, 0.717) is 25.0 Å². The number of aliphatic hydroxyl groups excluding tert-OH is 1. The minimum absolute atomic E-state index is 0.143. The lowest BCUT2D eigenvalue weighted by Gasteiger charge is -2.22. The molecule has 0 aliphatic heterocycles. The SMILES string of the molecule is CCCCCC(O)CSC1CCC(=O)C1CC(CCCC)C(=O)O. The van der Waals surface area contributed by atoms with Crippen LogP contribution in [0.15, 0.2) is 0 Å². The summed E-state index contributed by atoms with van der Waals surface area (Å²) in [4.78, 5) is 23.7. The molecule has 1 fully saturated rings. The highest BCUT2D eigenvalue weighted by Gasteiger charge is 2.37. The second kappa shape index (κ2) is 11.9. The standard InChI is InChI=1S/C19H34O4S/c1-3-5-7-9-15(20)13-24-18-11-10-17(21)16(18)12-14(19(22)23)8-6-4-2/h14-16,18,20H,3-13H2,1-2H3,(H,22,23). The minimum Gasteiger partial charge on any atom is -0.481 e. The fourth-order valence-electron chi connectivity index (χ4n) is 3.41. The van der Waals surface area contributed by atoms with Crippen molar-refractivity contribution < 1.29 is 19.8 Å². The summed E-state index contributed by atoms with van der Waals surface area (Å²) in [7, 11) is 0. The Morgan fingerprint density at radius 1 is 1.21 bits per heavy atom. The van der Waals surface area contributed by atoms with E-state index in [0.717, 1.165) is 44.9 Å². The molecular weight excluding hydrogens is 324 g/mol. The van der Waals surface area contributed by atoms with Crippen LogP contribution in [0, 0.1) is 11.8 Å². The van der Waals surface area contributed by atoms with Crippen LogP contribution in [0.5, 0.6) is 0 Å². The summed E-state index contributed by atoms with van der Waals surface area (Å²) in [6, 6.07) is 0. The van der Waals surface area contributed by atoms with Crippen LogP contribution in [0.1, 0.15) is 78.1 Å². The van der Waals surface area contributed by atoms with Crippen molar-refractivity contribution in [3.05, 3.63) is 0 Å². The Morgan fingerprint density at radius 3 is 2.54 bits per heavy atom. The van der Waals surface area contributed by atoms with Gasteiger partial charge in [0.05, 0.1) is 12.0 Å². The van der Waals surface area contributed by atoms with Crippen molar-refractivity contribution in [1.29, 1.82) is 0 Å². The Morgan fingerprint density at radius 2 is 1.92 bits per heavy atom. The van der Waals surface area contributed by atoms with Crippen LogP contribution in [0.3, 0.4) is 0 Å². The van der Waals surface area contributed by atoms with E-state index >= 15 is 0 Å². The van der Waals surface area contributed by atoms with Crippen molar-refractivity contribution in [3.63, 3.8) is 0 Å². The lowest BCUT2D eigenvalue weighted by Crippen LogP contribution is -2.26. The van der Waals surface area contributed by atoms with Crippen molar-refractivity contribution in [1.82, 2.24) is 0 Å². The number of aliphatic carboxylic acids is 1. The molecule has 140 valence electrons. The first-order valence-corrected chi connectivity index (χ1v) is 10.6. The van der Waals surface area contributed by atoms with Gasteiger partial charge in [0.2, 0.25) is 0 Å². The molecule has 1 saturated carbocycles. The third-order valence-corrected chi connectivity index (χ3v) is 6.54. The van der Waals surface area contributed by atoms with Gasteiger partial charge < -0.3 is 10.2 Å². The summed E-state index contributed by atoms with van der Waals surface area (Å²) in [6.07, 6.45) is 8.24. The van der Waals surface area contributed by atoms with Gasteiger partial charge in [-0.15, -0.1) is 0 Å². The molecule has 1 aliphatic carbocycles. The molecule has 1 rings (SSSR count). The Kier molecular flexibility index (Phi) is 10.7. The number of carboxylic acid groups (broad SMARTS) is 1. The molecule has 24 heavy (non-hydrogen) atoms.